The third-order valence-corrected chi connectivity index (χ3v) is 3.97. The number of hydrogen-bond donors (Lipinski definition) is 3. The molecule has 7 nitrogen and oxygen atoms in total. The van der Waals surface area contributed by atoms with Crippen LogP contribution in [0.4, 0.5) is 16.2 Å². The minimum Gasteiger partial charge on any atom is -0.497 e. The topological polar surface area (TPSA) is 88.7 Å². The van der Waals surface area contributed by atoms with Gasteiger partial charge in [-0.25, -0.2) is 4.79 Å². The molecular formula is C19H21N3O4. The van der Waals surface area contributed by atoms with Crippen molar-refractivity contribution in [1.29, 1.82) is 0 Å². The summed E-state index contributed by atoms with van der Waals surface area (Å²) in [4.78, 5) is 24.1. The summed E-state index contributed by atoms with van der Waals surface area (Å²) in [6.45, 7) is 0. The molecule has 0 radical (unpaired) electrons. The molecule has 136 valence electrons. The van der Waals surface area contributed by atoms with Gasteiger partial charge in [-0.15, -0.1) is 0 Å². The van der Waals surface area contributed by atoms with Crippen molar-refractivity contribution < 1.29 is 19.1 Å². The highest BCUT2D eigenvalue weighted by Crippen LogP contribution is 2.29. The van der Waals surface area contributed by atoms with Crippen molar-refractivity contribution in [2.45, 2.75) is 18.9 Å². The Labute approximate surface area is 151 Å². The predicted molar refractivity (Wildman–Crippen MR) is 99.1 cm³/mol. The highest BCUT2D eigenvalue weighted by molar-refractivity contribution is 6.01. The van der Waals surface area contributed by atoms with Crippen molar-refractivity contribution in [2.75, 3.05) is 24.9 Å². The van der Waals surface area contributed by atoms with Crippen LogP contribution in [-0.4, -0.2) is 32.2 Å². The Kier molecular flexibility index (Phi) is 5.26. The molecule has 0 unspecified atom stereocenters. The van der Waals surface area contributed by atoms with Crippen LogP contribution in [0.25, 0.3) is 0 Å². The molecule has 0 bridgehead atoms. The van der Waals surface area contributed by atoms with Gasteiger partial charge in [-0.3, -0.25) is 4.79 Å². The molecule has 1 aliphatic carbocycles. The predicted octanol–water partition coefficient (Wildman–Crippen LogP) is 3.24. The molecule has 2 aromatic carbocycles. The van der Waals surface area contributed by atoms with Gasteiger partial charge in [0.2, 0.25) is 0 Å². The molecule has 0 saturated heterocycles. The standard InChI is InChI=1S/C19H21N3O4/c1-25-15-9-10-16(17(11-15)26-2)22-19(24)21-14-5-3-12(4-6-14)18(23)20-13-7-8-13/h3-6,9-11,13H,7-8H2,1-2H3,(H,20,23)(H2,21,22,24). The SMILES string of the molecule is COc1ccc(NC(=O)Nc2ccc(C(=O)NC3CC3)cc2)c(OC)c1. The van der Waals surface area contributed by atoms with E-state index in [1.54, 1.807) is 49.6 Å². The van der Waals surface area contributed by atoms with Gasteiger partial charge in [0.15, 0.2) is 0 Å². The van der Waals surface area contributed by atoms with Crippen LogP contribution in [0.3, 0.4) is 0 Å². The highest BCUT2D eigenvalue weighted by atomic mass is 16.5. The summed E-state index contributed by atoms with van der Waals surface area (Å²) < 4.78 is 10.4. The van der Waals surface area contributed by atoms with Crippen LogP contribution in [0.15, 0.2) is 42.5 Å². The number of urea groups is 1. The second-order valence-electron chi connectivity index (χ2n) is 5.97. The molecule has 2 aromatic rings. The zero-order chi connectivity index (χ0) is 18.5. The first kappa shape index (κ1) is 17.6. The van der Waals surface area contributed by atoms with Gasteiger partial charge in [-0.2, -0.15) is 0 Å². The van der Waals surface area contributed by atoms with Crippen LogP contribution in [0, 0.1) is 0 Å². The number of carbonyl (C=O) groups excluding carboxylic acids is 2. The van der Waals surface area contributed by atoms with Crippen molar-refractivity contribution in [3.05, 3.63) is 48.0 Å². The van der Waals surface area contributed by atoms with E-state index in [9.17, 15) is 9.59 Å². The van der Waals surface area contributed by atoms with Gasteiger partial charge in [-0.1, -0.05) is 0 Å². The smallest absolute Gasteiger partial charge is 0.323 e. The first-order valence-corrected chi connectivity index (χ1v) is 8.30. The van der Waals surface area contributed by atoms with Crippen LogP contribution in [0.5, 0.6) is 11.5 Å². The first-order chi connectivity index (χ1) is 12.6. The number of benzene rings is 2. The maximum absolute atomic E-state index is 12.2. The van der Waals surface area contributed by atoms with E-state index in [0.29, 0.717) is 34.5 Å². The van der Waals surface area contributed by atoms with E-state index in [4.69, 9.17) is 9.47 Å². The normalized spacial score (nSPS) is 12.8. The number of anilines is 2. The number of methoxy groups -OCH3 is 2. The molecule has 3 rings (SSSR count). The Bertz CT molecular complexity index is 801. The molecule has 0 aliphatic heterocycles. The molecule has 1 saturated carbocycles. The number of carbonyl (C=O) groups is 2. The van der Waals surface area contributed by atoms with E-state index in [1.807, 2.05) is 0 Å². The van der Waals surface area contributed by atoms with Gasteiger partial charge < -0.3 is 25.4 Å². The molecule has 7 heteroatoms. The van der Waals surface area contributed by atoms with Crippen LogP contribution in [-0.2, 0) is 0 Å². The molecular weight excluding hydrogens is 334 g/mol. The lowest BCUT2D eigenvalue weighted by atomic mass is 10.2. The van der Waals surface area contributed by atoms with E-state index in [1.165, 1.54) is 7.11 Å². The molecule has 3 N–H and O–H groups in total. The molecule has 0 atom stereocenters. The molecule has 3 amide bonds. The summed E-state index contributed by atoms with van der Waals surface area (Å²) in [5.41, 5.74) is 1.67. The first-order valence-electron chi connectivity index (χ1n) is 8.30. The van der Waals surface area contributed by atoms with Crippen molar-refractivity contribution >= 4 is 23.3 Å². The zero-order valence-electron chi connectivity index (χ0n) is 14.7. The van der Waals surface area contributed by atoms with E-state index < -0.39 is 6.03 Å². The Morgan fingerprint density at radius 3 is 2.31 bits per heavy atom. The summed E-state index contributed by atoms with van der Waals surface area (Å²) in [6, 6.07) is 11.7. The number of nitrogens with one attached hydrogen (secondary N) is 3. The van der Waals surface area contributed by atoms with E-state index in [-0.39, 0.29) is 5.91 Å². The van der Waals surface area contributed by atoms with Gasteiger partial charge in [0, 0.05) is 23.4 Å². The Hall–Kier alpha value is -3.22. The summed E-state index contributed by atoms with van der Waals surface area (Å²) in [6.07, 6.45) is 2.08. The Balaban J connectivity index is 1.60. The molecule has 1 fully saturated rings. The molecule has 0 aromatic heterocycles. The maximum Gasteiger partial charge on any atom is 0.323 e. The lowest BCUT2D eigenvalue weighted by molar-refractivity contribution is 0.0951. The van der Waals surface area contributed by atoms with Crippen LogP contribution in [0.1, 0.15) is 23.2 Å². The van der Waals surface area contributed by atoms with Crippen molar-refractivity contribution in [3.8, 4) is 11.5 Å². The fourth-order valence-electron chi connectivity index (χ4n) is 2.39. The van der Waals surface area contributed by atoms with Crippen molar-refractivity contribution in [2.24, 2.45) is 0 Å². The third-order valence-electron chi connectivity index (χ3n) is 3.97. The highest BCUT2D eigenvalue weighted by Gasteiger charge is 2.23. The number of amides is 3. The van der Waals surface area contributed by atoms with E-state index in [0.717, 1.165) is 12.8 Å². The van der Waals surface area contributed by atoms with Crippen LogP contribution < -0.4 is 25.4 Å². The summed E-state index contributed by atoms with van der Waals surface area (Å²) in [7, 11) is 3.08. The molecule has 26 heavy (non-hydrogen) atoms. The van der Waals surface area contributed by atoms with E-state index >= 15 is 0 Å². The van der Waals surface area contributed by atoms with Crippen molar-refractivity contribution in [1.82, 2.24) is 5.32 Å². The number of hydrogen-bond acceptors (Lipinski definition) is 4. The summed E-state index contributed by atoms with van der Waals surface area (Å²) in [5.74, 6) is 1.03. The minimum atomic E-state index is -0.413. The third kappa shape index (κ3) is 4.44. The zero-order valence-corrected chi connectivity index (χ0v) is 14.7. The second-order valence-corrected chi connectivity index (χ2v) is 5.97. The molecule has 1 aliphatic rings. The average molecular weight is 355 g/mol. The van der Waals surface area contributed by atoms with Crippen LogP contribution in [0.2, 0.25) is 0 Å². The lowest BCUT2D eigenvalue weighted by Gasteiger charge is -2.12. The van der Waals surface area contributed by atoms with Crippen molar-refractivity contribution in [3.63, 3.8) is 0 Å². The lowest BCUT2D eigenvalue weighted by Crippen LogP contribution is -2.25. The maximum atomic E-state index is 12.2. The van der Waals surface area contributed by atoms with Gasteiger partial charge in [0.1, 0.15) is 11.5 Å². The van der Waals surface area contributed by atoms with Gasteiger partial charge in [0.25, 0.3) is 5.91 Å². The van der Waals surface area contributed by atoms with Gasteiger partial charge >= 0.3 is 6.03 Å². The molecule has 0 spiro atoms. The number of rotatable bonds is 6. The average Bonchev–Trinajstić information content (AvgIpc) is 3.46. The summed E-state index contributed by atoms with van der Waals surface area (Å²) in [5, 5.41) is 8.37. The van der Waals surface area contributed by atoms with Gasteiger partial charge in [0.05, 0.1) is 19.9 Å². The quantitative estimate of drug-likeness (QED) is 0.742. The Morgan fingerprint density at radius 2 is 1.69 bits per heavy atom. The minimum absolute atomic E-state index is 0.0912. The monoisotopic (exact) mass is 355 g/mol. The fourth-order valence-corrected chi connectivity index (χ4v) is 2.39. The fraction of sp³-hybridized carbons (Fsp3) is 0.263. The summed E-state index contributed by atoms with van der Waals surface area (Å²) >= 11 is 0. The van der Waals surface area contributed by atoms with E-state index in [2.05, 4.69) is 16.0 Å². The second kappa shape index (κ2) is 7.77. The Morgan fingerprint density at radius 1 is 0.962 bits per heavy atom. The largest absolute Gasteiger partial charge is 0.497 e. The molecule has 0 heterocycles. The van der Waals surface area contributed by atoms with Gasteiger partial charge in [-0.05, 0) is 49.2 Å². The number of ether oxygens (including phenoxy) is 2. The van der Waals surface area contributed by atoms with Crippen LogP contribution >= 0.6 is 0 Å².